The van der Waals surface area contributed by atoms with Crippen LogP contribution >= 0.6 is 0 Å². The van der Waals surface area contributed by atoms with Gasteiger partial charge in [0.2, 0.25) is 17.6 Å². The highest BCUT2D eigenvalue weighted by Crippen LogP contribution is 2.25. The van der Waals surface area contributed by atoms with Gasteiger partial charge in [0.15, 0.2) is 0 Å². The first kappa shape index (κ1) is 24.9. The topological polar surface area (TPSA) is 80.5 Å². The summed E-state index contributed by atoms with van der Waals surface area (Å²) in [7, 11) is 0. The minimum Gasteiger partial charge on any atom is -0.494 e. The molecule has 4 rings (SSSR count). The van der Waals surface area contributed by atoms with E-state index in [2.05, 4.69) is 53.3 Å². The van der Waals surface area contributed by atoms with E-state index in [9.17, 15) is 4.79 Å². The summed E-state index contributed by atoms with van der Waals surface area (Å²) in [5.74, 6) is 2.20. The quantitative estimate of drug-likeness (QED) is 0.495. The second-order valence-electron chi connectivity index (χ2n) is 10.2. The third kappa shape index (κ3) is 6.69. The van der Waals surface area contributed by atoms with Crippen LogP contribution < -0.4 is 10.1 Å². The van der Waals surface area contributed by atoms with Crippen molar-refractivity contribution in [3.63, 3.8) is 0 Å². The molecule has 0 unspecified atom stereocenters. The molecular weight excluding hydrogens is 440 g/mol. The standard InChI is InChI=1S/C28H36N4O3/c1-5-34-24-8-6-7-20(17-24)18-29-27(33)22-13-15-32(16-14-22)19-25-30-26(31-35-25)21-9-11-23(12-10-21)28(2,3)4/h6-12,17,22H,5,13-16,18-19H2,1-4H3,(H,29,33). The molecule has 1 saturated heterocycles. The zero-order chi connectivity index (χ0) is 24.8. The van der Waals surface area contributed by atoms with Crippen molar-refractivity contribution in [1.82, 2.24) is 20.4 Å². The summed E-state index contributed by atoms with van der Waals surface area (Å²) >= 11 is 0. The van der Waals surface area contributed by atoms with E-state index in [1.807, 2.05) is 43.3 Å². The van der Waals surface area contributed by atoms with Crippen molar-refractivity contribution in [2.24, 2.45) is 5.92 Å². The first-order valence-corrected chi connectivity index (χ1v) is 12.5. The molecular formula is C28H36N4O3. The van der Waals surface area contributed by atoms with E-state index in [0.717, 1.165) is 42.8 Å². The van der Waals surface area contributed by atoms with Crippen molar-refractivity contribution < 1.29 is 14.1 Å². The fraction of sp³-hybridized carbons (Fsp3) is 0.464. The Labute approximate surface area is 207 Å². The third-order valence-electron chi connectivity index (χ3n) is 6.47. The van der Waals surface area contributed by atoms with Crippen LogP contribution in [0.25, 0.3) is 11.4 Å². The number of aromatic nitrogens is 2. The average Bonchev–Trinajstić information content (AvgIpc) is 3.31. The second-order valence-corrected chi connectivity index (χ2v) is 10.2. The molecule has 0 saturated carbocycles. The highest BCUT2D eigenvalue weighted by molar-refractivity contribution is 5.78. The molecule has 1 N–H and O–H groups in total. The SMILES string of the molecule is CCOc1cccc(CNC(=O)C2CCN(Cc3nc(-c4ccc(C(C)(C)C)cc4)no3)CC2)c1. The summed E-state index contributed by atoms with van der Waals surface area (Å²) in [6.07, 6.45) is 1.64. The van der Waals surface area contributed by atoms with Crippen molar-refractivity contribution in [3.05, 3.63) is 65.5 Å². The number of benzene rings is 2. The smallest absolute Gasteiger partial charge is 0.241 e. The largest absolute Gasteiger partial charge is 0.494 e. The molecule has 2 aromatic carbocycles. The molecule has 1 fully saturated rings. The predicted molar refractivity (Wildman–Crippen MR) is 136 cm³/mol. The Morgan fingerprint density at radius 2 is 1.89 bits per heavy atom. The van der Waals surface area contributed by atoms with Gasteiger partial charge in [-0.2, -0.15) is 4.98 Å². The van der Waals surface area contributed by atoms with Crippen LogP contribution in [0, 0.1) is 5.92 Å². The molecule has 3 aromatic rings. The number of piperidine rings is 1. The van der Waals surface area contributed by atoms with Gasteiger partial charge in [0.05, 0.1) is 13.2 Å². The van der Waals surface area contributed by atoms with Crippen molar-refractivity contribution in [2.45, 2.75) is 59.0 Å². The number of carbonyl (C=O) groups excluding carboxylic acids is 1. The molecule has 2 heterocycles. The maximum atomic E-state index is 12.7. The summed E-state index contributed by atoms with van der Waals surface area (Å²) in [4.78, 5) is 19.6. The fourth-order valence-electron chi connectivity index (χ4n) is 4.35. The molecule has 35 heavy (non-hydrogen) atoms. The van der Waals surface area contributed by atoms with Gasteiger partial charge in [-0.1, -0.05) is 62.3 Å². The molecule has 186 valence electrons. The van der Waals surface area contributed by atoms with Gasteiger partial charge in [0.25, 0.3) is 0 Å². The van der Waals surface area contributed by atoms with Crippen molar-refractivity contribution in [3.8, 4) is 17.1 Å². The van der Waals surface area contributed by atoms with Crippen LogP contribution in [-0.4, -0.2) is 40.6 Å². The van der Waals surface area contributed by atoms with Crippen molar-refractivity contribution in [2.75, 3.05) is 19.7 Å². The Hall–Kier alpha value is -3.19. The van der Waals surface area contributed by atoms with Gasteiger partial charge >= 0.3 is 0 Å². The Morgan fingerprint density at radius 1 is 1.14 bits per heavy atom. The maximum absolute atomic E-state index is 12.7. The number of carbonyl (C=O) groups is 1. The van der Waals surface area contributed by atoms with E-state index < -0.39 is 0 Å². The number of ether oxygens (including phenoxy) is 1. The summed E-state index contributed by atoms with van der Waals surface area (Å²) in [6.45, 7) is 12.0. The molecule has 1 amide bonds. The molecule has 7 heteroatoms. The molecule has 1 aliphatic heterocycles. The average molecular weight is 477 g/mol. The lowest BCUT2D eigenvalue weighted by Crippen LogP contribution is -2.40. The zero-order valence-electron chi connectivity index (χ0n) is 21.2. The monoisotopic (exact) mass is 476 g/mol. The Bertz CT molecular complexity index is 1110. The van der Waals surface area contributed by atoms with Crippen LogP contribution in [0.4, 0.5) is 0 Å². The highest BCUT2D eigenvalue weighted by atomic mass is 16.5. The molecule has 1 aromatic heterocycles. The van der Waals surface area contributed by atoms with Crippen molar-refractivity contribution in [1.29, 1.82) is 0 Å². The molecule has 0 radical (unpaired) electrons. The Kier molecular flexibility index (Phi) is 7.86. The summed E-state index contributed by atoms with van der Waals surface area (Å²) in [5.41, 5.74) is 3.38. The van der Waals surface area contributed by atoms with Crippen LogP contribution in [0.15, 0.2) is 53.1 Å². The molecule has 0 atom stereocenters. The number of hydrogen-bond donors (Lipinski definition) is 1. The number of nitrogens with one attached hydrogen (secondary N) is 1. The molecule has 0 aliphatic carbocycles. The first-order chi connectivity index (χ1) is 16.8. The molecule has 1 aliphatic rings. The number of rotatable bonds is 8. The van der Waals surface area contributed by atoms with Crippen molar-refractivity contribution >= 4 is 5.91 Å². The summed E-state index contributed by atoms with van der Waals surface area (Å²) < 4.78 is 11.1. The van der Waals surface area contributed by atoms with Gasteiger partial charge in [-0.15, -0.1) is 0 Å². The van der Waals surface area contributed by atoms with Crippen LogP contribution in [0.1, 0.15) is 57.6 Å². The summed E-state index contributed by atoms with van der Waals surface area (Å²) in [5, 5.41) is 7.26. The molecule has 0 spiro atoms. The Balaban J connectivity index is 1.24. The van der Waals surface area contributed by atoms with Crippen LogP contribution in [0.5, 0.6) is 5.75 Å². The zero-order valence-corrected chi connectivity index (χ0v) is 21.2. The van der Waals surface area contributed by atoms with E-state index in [1.54, 1.807) is 0 Å². The van der Waals surface area contributed by atoms with E-state index in [4.69, 9.17) is 9.26 Å². The van der Waals surface area contributed by atoms with Gasteiger partial charge in [0.1, 0.15) is 5.75 Å². The number of hydrogen-bond acceptors (Lipinski definition) is 6. The van der Waals surface area contributed by atoms with Crippen LogP contribution in [-0.2, 0) is 23.3 Å². The molecule has 7 nitrogen and oxygen atoms in total. The fourth-order valence-corrected chi connectivity index (χ4v) is 4.35. The van der Waals surface area contributed by atoms with Gasteiger partial charge < -0.3 is 14.6 Å². The van der Waals surface area contributed by atoms with E-state index >= 15 is 0 Å². The van der Waals surface area contributed by atoms with E-state index in [-0.39, 0.29) is 17.2 Å². The van der Waals surface area contributed by atoms with Crippen LogP contribution in [0.3, 0.4) is 0 Å². The van der Waals surface area contributed by atoms with E-state index in [1.165, 1.54) is 5.56 Å². The van der Waals surface area contributed by atoms with Gasteiger partial charge in [-0.25, -0.2) is 0 Å². The maximum Gasteiger partial charge on any atom is 0.241 e. The molecule has 0 bridgehead atoms. The first-order valence-electron chi connectivity index (χ1n) is 12.5. The predicted octanol–water partition coefficient (Wildman–Crippen LogP) is 4.96. The van der Waals surface area contributed by atoms with Gasteiger partial charge in [0, 0.05) is 18.0 Å². The lowest BCUT2D eigenvalue weighted by atomic mass is 9.87. The van der Waals surface area contributed by atoms with E-state index in [0.29, 0.717) is 31.4 Å². The number of likely N-dealkylation sites (tertiary alicyclic amines) is 1. The summed E-state index contributed by atoms with van der Waals surface area (Å²) in [6, 6.07) is 16.2. The lowest BCUT2D eigenvalue weighted by molar-refractivity contribution is -0.126. The minimum atomic E-state index is 0.0286. The highest BCUT2D eigenvalue weighted by Gasteiger charge is 2.26. The lowest BCUT2D eigenvalue weighted by Gasteiger charge is -2.30. The second kappa shape index (κ2) is 11.0. The van der Waals surface area contributed by atoms with Gasteiger partial charge in [-0.05, 0) is 61.5 Å². The van der Waals surface area contributed by atoms with Gasteiger partial charge in [-0.3, -0.25) is 9.69 Å². The number of amides is 1. The normalized spacial score (nSPS) is 15.2. The third-order valence-corrected chi connectivity index (χ3v) is 6.47. The van der Waals surface area contributed by atoms with Crippen LogP contribution in [0.2, 0.25) is 0 Å². The Morgan fingerprint density at radius 3 is 2.57 bits per heavy atom. The number of nitrogens with zero attached hydrogens (tertiary/aromatic N) is 3. The minimum absolute atomic E-state index is 0.0286.